The minimum atomic E-state index is 0. The molecule has 1 fully saturated rings. The summed E-state index contributed by atoms with van der Waals surface area (Å²) in [5.74, 6) is 0.270. The van der Waals surface area contributed by atoms with E-state index in [0.717, 1.165) is 36.8 Å². The van der Waals surface area contributed by atoms with Crippen molar-refractivity contribution < 1.29 is 4.79 Å². The lowest BCUT2D eigenvalue weighted by molar-refractivity contribution is -0.132. The van der Waals surface area contributed by atoms with Crippen molar-refractivity contribution in [1.82, 2.24) is 10.2 Å². The average molecular weight is 368 g/mol. The van der Waals surface area contributed by atoms with E-state index >= 15 is 0 Å². The van der Waals surface area contributed by atoms with Gasteiger partial charge in [0.05, 0.1) is 0 Å². The molecule has 1 aromatic heterocycles. The highest BCUT2D eigenvalue weighted by molar-refractivity contribution is 9.10. The Labute approximate surface area is 133 Å². The predicted octanol–water partition coefficient (Wildman–Crippen LogP) is 3.08. The molecule has 0 spiro atoms. The molecule has 0 saturated carbocycles. The van der Waals surface area contributed by atoms with Crippen LogP contribution in [0.15, 0.2) is 15.9 Å². The molecule has 0 radical (unpaired) electrons. The summed E-state index contributed by atoms with van der Waals surface area (Å²) in [6.07, 6.45) is 3.62. The lowest BCUT2D eigenvalue weighted by atomic mass is 10.0. The van der Waals surface area contributed by atoms with E-state index in [1.165, 1.54) is 4.88 Å². The summed E-state index contributed by atoms with van der Waals surface area (Å²) in [7, 11) is 1.95. The molecule has 0 unspecified atom stereocenters. The molecule has 0 aromatic carbocycles. The van der Waals surface area contributed by atoms with Crippen molar-refractivity contribution in [3.63, 3.8) is 0 Å². The Morgan fingerprint density at radius 1 is 1.53 bits per heavy atom. The monoisotopic (exact) mass is 366 g/mol. The number of piperidine rings is 1. The van der Waals surface area contributed by atoms with E-state index in [4.69, 9.17) is 0 Å². The first-order valence-corrected chi connectivity index (χ1v) is 8.03. The molecule has 1 N–H and O–H groups in total. The van der Waals surface area contributed by atoms with Gasteiger partial charge in [0.25, 0.3) is 0 Å². The highest BCUT2D eigenvalue weighted by Crippen LogP contribution is 2.21. The van der Waals surface area contributed by atoms with Crippen molar-refractivity contribution >= 4 is 45.6 Å². The average Bonchev–Trinajstić information content (AvgIpc) is 2.82. The third kappa shape index (κ3) is 5.06. The molecule has 6 heteroatoms. The third-order valence-corrected chi connectivity index (χ3v) is 5.21. The number of halogens is 2. The van der Waals surface area contributed by atoms with Crippen molar-refractivity contribution in [2.24, 2.45) is 0 Å². The van der Waals surface area contributed by atoms with Crippen LogP contribution in [0.2, 0.25) is 0 Å². The number of amides is 1. The predicted molar refractivity (Wildman–Crippen MR) is 86.2 cm³/mol. The van der Waals surface area contributed by atoms with E-state index in [1.807, 2.05) is 11.9 Å². The maximum atomic E-state index is 12.1. The van der Waals surface area contributed by atoms with Crippen LogP contribution in [-0.2, 0) is 11.2 Å². The van der Waals surface area contributed by atoms with Gasteiger partial charge in [0.2, 0.25) is 5.91 Å². The minimum Gasteiger partial charge on any atom is -0.343 e. The summed E-state index contributed by atoms with van der Waals surface area (Å²) in [6, 6.07) is 2.52. The molecule has 2 rings (SSSR count). The van der Waals surface area contributed by atoms with Crippen LogP contribution in [0.4, 0.5) is 0 Å². The largest absolute Gasteiger partial charge is 0.343 e. The van der Waals surface area contributed by atoms with E-state index < -0.39 is 0 Å². The summed E-state index contributed by atoms with van der Waals surface area (Å²) < 4.78 is 1.11. The van der Waals surface area contributed by atoms with E-state index in [9.17, 15) is 4.79 Å². The number of aryl methyl sites for hydroxylation is 1. The Hall–Kier alpha value is -0.100. The van der Waals surface area contributed by atoms with Gasteiger partial charge in [-0.1, -0.05) is 0 Å². The molecule has 108 valence electrons. The van der Waals surface area contributed by atoms with Crippen LogP contribution >= 0.6 is 39.7 Å². The van der Waals surface area contributed by atoms with Gasteiger partial charge in [0, 0.05) is 34.2 Å². The molecule has 2 heterocycles. The number of hydrogen-bond acceptors (Lipinski definition) is 3. The molecule has 0 atom stereocenters. The smallest absolute Gasteiger partial charge is 0.222 e. The van der Waals surface area contributed by atoms with E-state index in [2.05, 4.69) is 32.7 Å². The second-order valence-corrected chi connectivity index (χ2v) is 6.63. The van der Waals surface area contributed by atoms with Crippen LogP contribution in [0.5, 0.6) is 0 Å². The standard InChI is InChI=1S/C13H19BrN2OS.ClH/c1-16(11-4-6-15-7-5-11)13(17)3-2-12-8-10(14)9-18-12;/h8-9,11,15H,2-7H2,1H3;1H. The lowest BCUT2D eigenvalue weighted by Gasteiger charge is -2.31. The van der Waals surface area contributed by atoms with E-state index in [-0.39, 0.29) is 18.3 Å². The first-order valence-electron chi connectivity index (χ1n) is 6.36. The number of nitrogens with one attached hydrogen (secondary N) is 1. The number of rotatable bonds is 4. The van der Waals surface area contributed by atoms with Crippen molar-refractivity contribution in [1.29, 1.82) is 0 Å². The fraction of sp³-hybridized carbons (Fsp3) is 0.615. The highest BCUT2D eigenvalue weighted by Gasteiger charge is 2.21. The van der Waals surface area contributed by atoms with Crippen molar-refractivity contribution in [3.05, 3.63) is 20.8 Å². The highest BCUT2D eigenvalue weighted by atomic mass is 79.9. The maximum absolute atomic E-state index is 12.1. The first kappa shape index (κ1) is 17.0. The number of thiophene rings is 1. The summed E-state index contributed by atoms with van der Waals surface area (Å²) in [4.78, 5) is 15.3. The van der Waals surface area contributed by atoms with Crippen molar-refractivity contribution in [3.8, 4) is 0 Å². The van der Waals surface area contributed by atoms with Crippen molar-refractivity contribution in [2.45, 2.75) is 31.7 Å². The topological polar surface area (TPSA) is 32.3 Å². The molecule has 3 nitrogen and oxygen atoms in total. The molecule has 1 aliphatic rings. The van der Waals surface area contributed by atoms with Crippen LogP contribution < -0.4 is 5.32 Å². The number of nitrogens with zero attached hydrogens (tertiary/aromatic N) is 1. The Balaban J connectivity index is 0.00000180. The second-order valence-electron chi connectivity index (χ2n) is 4.72. The van der Waals surface area contributed by atoms with Gasteiger partial charge in [-0.2, -0.15) is 0 Å². The maximum Gasteiger partial charge on any atom is 0.222 e. The second kappa shape index (κ2) is 8.25. The molecule has 0 aliphatic carbocycles. The Bertz CT molecular complexity index is 407. The van der Waals surface area contributed by atoms with Gasteiger partial charge in [-0.05, 0) is 54.3 Å². The summed E-state index contributed by atoms with van der Waals surface area (Å²) >= 11 is 5.15. The summed E-state index contributed by atoms with van der Waals surface area (Å²) in [5.41, 5.74) is 0. The molecular weight excluding hydrogens is 348 g/mol. The fourth-order valence-corrected chi connectivity index (χ4v) is 3.74. The normalized spacial score (nSPS) is 15.9. The minimum absolute atomic E-state index is 0. The van der Waals surface area contributed by atoms with Crippen LogP contribution in [0.3, 0.4) is 0 Å². The van der Waals surface area contributed by atoms with Gasteiger partial charge in [-0.3, -0.25) is 4.79 Å². The van der Waals surface area contributed by atoms with Crippen LogP contribution in [-0.4, -0.2) is 37.0 Å². The quantitative estimate of drug-likeness (QED) is 0.887. The van der Waals surface area contributed by atoms with Gasteiger partial charge < -0.3 is 10.2 Å². The number of hydrogen-bond donors (Lipinski definition) is 1. The summed E-state index contributed by atoms with van der Waals surface area (Å²) in [5, 5.41) is 5.39. The molecule has 0 bridgehead atoms. The van der Waals surface area contributed by atoms with Gasteiger partial charge in [0.15, 0.2) is 0 Å². The van der Waals surface area contributed by atoms with Crippen LogP contribution in [0.25, 0.3) is 0 Å². The molecule has 1 amide bonds. The van der Waals surface area contributed by atoms with Gasteiger partial charge in [0.1, 0.15) is 0 Å². The zero-order valence-electron chi connectivity index (χ0n) is 11.0. The summed E-state index contributed by atoms with van der Waals surface area (Å²) in [6.45, 7) is 2.06. The third-order valence-electron chi connectivity index (χ3n) is 3.46. The Morgan fingerprint density at radius 2 is 2.21 bits per heavy atom. The zero-order chi connectivity index (χ0) is 13.0. The Kier molecular flexibility index (Phi) is 7.36. The van der Waals surface area contributed by atoms with E-state index in [0.29, 0.717) is 12.5 Å². The Morgan fingerprint density at radius 3 is 2.79 bits per heavy atom. The van der Waals surface area contributed by atoms with Gasteiger partial charge >= 0.3 is 0 Å². The van der Waals surface area contributed by atoms with Crippen LogP contribution in [0, 0.1) is 0 Å². The molecule has 19 heavy (non-hydrogen) atoms. The molecular formula is C13H20BrClN2OS. The number of carbonyl (C=O) groups is 1. The van der Waals surface area contributed by atoms with Crippen LogP contribution in [0.1, 0.15) is 24.1 Å². The van der Waals surface area contributed by atoms with E-state index in [1.54, 1.807) is 11.3 Å². The molecule has 1 saturated heterocycles. The molecule has 1 aliphatic heterocycles. The molecule has 1 aromatic rings. The van der Waals surface area contributed by atoms with Crippen molar-refractivity contribution in [2.75, 3.05) is 20.1 Å². The van der Waals surface area contributed by atoms with Gasteiger partial charge in [-0.25, -0.2) is 0 Å². The zero-order valence-corrected chi connectivity index (χ0v) is 14.2. The van der Waals surface area contributed by atoms with Gasteiger partial charge in [-0.15, -0.1) is 23.7 Å². The first-order chi connectivity index (χ1) is 8.66. The lowest BCUT2D eigenvalue weighted by Crippen LogP contribution is -2.44. The fourth-order valence-electron chi connectivity index (χ4n) is 2.29. The SMILES string of the molecule is CN(C(=O)CCc1cc(Br)cs1)C1CCNCC1.Cl. The number of carbonyl (C=O) groups excluding carboxylic acids is 1.